The number of aliphatic hydroxyl groups is 1. The summed E-state index contributed by atoms with van der Waals surface area (Å²) in [7, 11) is 0. The van der Waals surface area contributed by atoms with Gasteiger partial charge in [0.25, 0.3) is 5.91 Å². The average molecular weight is 505 g/mol. The number of hydrogen-bond donors (Lipinski definition) is 4. The van der Waals surface area contributed by atoms with Crippen LogP contribution in [0.25, 0.3) is 0 Å². The minimum atomic E-state index is -0.773. The van der Waals surface area contributed by atoms with Gasteiger partial charge in [-0.1, -0.05) is 44.5 Å². The average Bonchev–Trinajstić information content (AvgIpc) is 3.12. The van der Waals surface area contributed by atoms with Crippen molar-refractivity contribution in [1.29, 1.82) is 0 Å². The quantitative estimate of drug-likeness (QED) is 0.307. The van der Waals surface area contributed by atoms with Crippen LogP contribution in [0.3, 0.4) is 0 Å². The van der Waals surface area contributed by atoms with Gasteiger partial charge in [-0.05, 0) is 42.5 Å². The molecule has 4 N–H and O–H groups in total. The van der Waals surface area contributed by atoms with Gasteiger partial charge >= 0.3 is 0 Å². The van der Waals surface area contributed by atoms with Crippen LogP contribution in [-0.2, 0) is 25.8 Å². The van der Waals surface area contributed by atoms with Gasteiger partial charge in [-0.2, -0.15) is 0 Å². The molecule has 190 valence electrons. The van der Waals surface area contributed by atoms with Gasteiger partial charge in [0.2, 0.25) is 17.7 Å². The second-order valence-corrected chi connectivity index (χ2v) is 9.05. The number of unbranched alkanes of at least 4 members (excludes halogenated alkanes) is 2. The highest BCUT2D eigenvalue weighted by molar-refractivity contribution is 6.31. The SMILES string of the molecule is C=C1C=CC(=O)N1CCCCCC(=O)NC(C(=O)NCC(=O)Nc1ccc(CO)c(Cl)c1)C(C)C. The second kappa shape index (κ2) is 13.7. The lowest BCUT2D eigenvalue weighted by atomic mass is 10.0. The van der Waals surface area contributed by atoms with Crippen molar-refractivity contribution in [1.82, 2.24) is 15.5 Å². The molecule has 10 heteroatoms. The number of nitrogens with one attached hydrogen (secondary N) is 3. The fourth-order valence-electron chi connectivity index (χ4n) is 3.49. The van der Waals surface area contributed by atoms with Crippen molar-refractivity contribution in [2.45, 2.75) is 52.2 Å². The third-order valence-electron chi connectivity index (χ3n) is 5.51. The van der Waals surface area contributed by atoms with Gasteiger partial charge < -0.3 is 26.0 Å². The molecule has 2 rings (SSSR count). The zero-order chi connectivity index (χ0) is 26.0. The monoisotopic (exact) mass is 504 g/mol. The van der Waals surface area contributed by atoms with E-state index in [2.05, 4.69) is 22.5 Å². The topological polar surface area (TPSA) is 128 Å². The summed E-state index contributed by atoms with van der Waals surface area (Å²) >= 11 is 6.02. The van der Waals surface area contributed by atoms with Crippen LogP contribution in [0.5, 0.6) is 0 Å². The summed E-state index contributed by atoms with van der Waals surface area (Å²) in [6.45, 7) is 7.51. The molecule has 1 aliphatic heterocycles. The van der Waals surface area contributed by atoms with Crippen molar-refractivity contribution in [3.05, 3.63) is 53.2 Å². The molecule has 1 atom stereocenters. The summed E-state index contributed by atoms with van der Waals surface area (Å²) in [6.07, 6.45) is 5.56. The maximum atomic E-state index is 12.6. The third-order valence-corrected chi connectivity index (χ3v) is 5.86. The standard InChI is InChI=1S/C25H33ClN4O5/c1-16(2)24(29-21(32)7-5-4-6-12-30-17(3)8-11-23(30)34)25(35)27-14-22(33)28-19-10-9-18(15-31)20(26)13-19/h8-11,13,16,24,31H,3-7,12,14-15H2,1-2H3,(H,27,35)(H,28,33)(H,29,32). The van der Waals surface area contributed by atoms with Crippen LogP contribution >= 0.6 is 11.6 Å². The molecular weight excluding hydrogens is 472 g/mol. The Morgan fingerprint density at radius 3 is 2.46 bits per heavy atom. The number of carbonyl (C=O) groups excluding carboxylic acids is 4. The third kappa shape index (κ3) is 8.84. The lowest BCUT2D eigenvalue weighted by molar-refractivity contribution is -0.130. The van der Waals surface area contributed by atoms with Gasteiger partial charge in [-0.15, -0.1) is 0 Å². The van der Waals surface area contributed by atoms with E-state index in [1.165, 1.54) is 12.1 Å². The maximum Gasteiger partial charge on any atom is 0.251 e. The molecule has 1 heterocycles. The van der Waals surface area contributed by atoms with Crippen molar-refractivity contribution in [3.63, 3.8) is 0 Å². The Bertz CT molecular complexity index is 974. The summed E-state index contributed by atoms with van der Waals surface area (Å²) < 4.78 is 0. The summed E-state index contributed by atoms with van der Waals surface area (Å²) in [6, 6.07) is 3.94. The highest BCUT2D eigenvalue weighted by atomic mass is 35.5. The van der Waals surface area contributed by atoms with E-state index >= 15 is 0 Å². The fourth-order valence-corrected chi connectivity index (χ4v) is 3.73. The van der Waals surface area contributed by atoms with Gasteiger partial charge in [-0.25, -0.2) is 0 Å². The first-order chi connectivity index (χ1) is 16.6. The number of halogens is 1. The van der Waals surface area contributed by atoms with Crippen molar-refractivity contribution in [3.8, 4) is 0 Å². The van der Waals surface area contributed by atoms with E-state index in [0.29, 0.717) is 34.9 Å². The predicted molar refractivity (Wildman–Crippen MR) is 134 cm³/mol. The van der Waals surface area contributed by atoms with Crippen LogP contribution in [0.2, 0.25) is 5.02 Å². The number of anilines is 1. The molecule has 0 saturated heterocycles. The van der Waals surface area contributed by atoms with E-state index in [-0.39, 0.29) is 37.3 Å². The Labute approximate surface area is 210 Å². The first-order valence-electron chi connectivity index (χ1n) is 11.6. The van der Waals surface area contributed by atoms with E-state index in [0.717, 1.165) is 12.8 Å². The number of amides is 4. The molecule has 0 aliphatic carbocycles. The number of allylic oxidation sites excluding steroid dienone is 1. The summed E-state index contributed by atoms with van der Waals surface area (Å²) in [5, 5.41) is 17.4. The molecule has 0 bridgehead atoms. The Morgan fingerprint density at radius 1 is 1.11 bits per heavy atom. The van der Waals surface area contributed by atoms with Gasteiger partial charge in [-0.3, -0.25) is 19.2 Å². The van der Waals surface area contributed by atoms with Gasteiger partial charge in [0.1, 0.15) is 6.04 Å². The molecule has 0 radical (unpaired) electrons. The Hall–Kier alpha value is -3.17. The smallest absolute Gasteiger partial charge is 0.251 e. The van der Waals surface area contributed by atoms with Crippen molar-refractivity contribution < 1.29 is 24.3 Å². The zero-order valence-electron chi connectivity index (χ0n) is 20.1. The van der Waals surface area contributed by atoms with Crippen LogP contribution in [0.1, 0.15) is 45.1 Å². The molecule has 1 aromatic carbocycles. The molecule has 1 aromatic rings. The molecule has 0 aromatic heterocycles. The number of hydrogen-bond acceptors (Lipinski definition) is 5. The molecule has 1 aliphatic rings. The second-order valence-electron chi connectivity index (χ2n) is 8.64. The van der Waals surface area contributed by atoms with E-state index in [4.69, 9.17) is 16.7 Å². The Kier molecular flexibility index (Phi) is 10.9. The van der Waals surface area contributed by atoms with E-state index < -0.39 is 17.9 Å². The molecule has 0 spiro atoms. The van der Waals surface area contributed by atoms with Crippen LogP contribution in [0.15, 0.2) is 42.6 Å². The first-order valence-corrected chi connectivity index (χ1v) is 11.9. The van der Waals surface area contributed by atoms with E-state index in [1.807, 2.05) is 13.8 Å². The van der Waals surface area contributed by atoms with Crippen LogP contribution in [-0.4, -0.2) is 52.8 Å². The van der Waals surface area contributed by atoms with Crippen molar-refractivity contribution >= 4 is 40.9 Å². The molecular formula is C25H33ClN4O5. The van der Waals surface area contributed by atoms with Gasteiger partial charge in [0.15, 0.2) is 0 Å². The molecule has 1 unspecified atom stereocenters. The first kappa shape index (κ1) is 28.1. The highest BCUT2D eigenvalue weighted by Gasteiger charge is 2.24. The zero-order valence-corrected chi connectivity index (χ0v) is 20.9. The lowest BCUT2D eigenvalue weighted by Crippen LogP contribution is -2.51. The predicted octanol–water partition coefficient (Wildman–Crippen LogP) is 2.50. The minimum absolute atomic E-state index is 0.0735. The summed E-state index contributed by atoms with van der Waals surface area (Å²) in [4.78, 5) is 50.4. The number of benzene rings is 1. The number of rotatable bonds is 13. The largest absolute Gasteiger partial charge is 0.392 e. The van der Waals surface area contributed by atoms with Gasteiger partial charge in [0, 0.05) is 35.4 Å². The van der Waals surface area contributed by atoms with E-state index in [1.54, 1.807) is 23.1 Å². The van der Waals surface area contributed by atoms with E-state index in [9.17, 15) is 19.2 Å². The molecule has 35 heavy (non-hydrogen) atoms. The number of carbonyl (C=O) groups is 4. The Morgan fingerprint density at radius 2 is 1.86 bits per heavy atom. The normalized spacial score (nSPS) is 13.8. The minimum Gasteiger partial charge on any atom is -0.392 e. The molecule has 0 saturated carbocycles. The van der Waals surface area contributed by atoms with Crippen LogP contribution in [0.4, 0.5) is 5.69 Å². The molecule has 0 fully saturated rings. The molecule has 9 nitrogen and oxygen atoms in total. The van der Waals surface area contributed by atoms with Crippen molar-refractivity contribution in [2.24, 2.45) is 5.92 Å². The van der Waals surface area contributed by atoms with Crippen molar-refractivity contribution in [2.75, 3.05) is 18.4 Å². The summed E-state index contributed by atoms with van der Waals surface area (Å²) in [5.41, 5.74) is 1.66. The molecule has 4 amide bonds. The number of nitrogens with zero attached hydrogens (tertiary/aromatic N) is 1. The number of aliphatic hydroxyl groups excluding tert-OH is 1. The summed E-state index contributed by atoms with van der Waals surface area (Å²) in [5.74, 6) is -1.39. The maximum absolute atomic E-state index is 12.6. The van der Waals surface area contributed by atoms with Crippen LogP contribution < -0.4 is 16.0 Å². The Balaban J connectivity index is 1.72. The van der Waals surface area contributed by atoms with Crippen LogP contribution in [0, 0.1) is 5.92 Å². The lowest BCUT2D eigenvalue weighted by Gasteiger charge is -2.22. The highest BCUT2D eigenvalue weighted by Crippen LogP contribution is 2.21. The fraction of sp³-hybridized carbons (Fsp3) is 0.440. The van der Waals surface area contributed by atoms with Gasteiger partial charge in [0.05, 0.1) is 13.2 Å².